The summed E-state index contributed by atoms with van der Waals surface area (Å²) in [5.41, 5.74) is 2.15. The van der Waals surface area contributed by atoms with Crippen LogP contribution in [0.15, 0.2) is 10.9 Å². The third-order valence-corrected chi connectivity index (χ3v) is 5.73. The van der Waals surface area contributed by atoms with Crippen LogP contribution in [0.4, 0.5) is 4.79 Å². The topological polar surface area (TPSA) is 67.2 Å². The second kappa shape index (κ2) is 6.57. The van der Waals surface area contributed by atoms with Gasteiger partial charge in [0.1, 0.15) is 0 Å². The highest BCUT2D eigenvalue weighted by Gasteiger charge is 2.31. The molecule has 6 heteroatoms. The number of amides is 2. The molecule has 2 fully saturated rings. The van der Waals surface area contributed by atoms with E-state index in [4.69, 9.17) is 0 Å². The zero-order valence-corrected chi connectivity index (χ0v) is 14.2. The maximum Gasteiger partial charge on any atom is 0.317 e. The van der Waals surface area contributed by atoms with Crippen molar-refractivity contribution in [3.63, 3.8) is 0 Å². The minimum absolute atomic E-state index is 0.0290. The predicted octanol–water partition coefficient (Wildman–Crippen LogP) is 1.85. The number of hydrogen-bond donors (Lipinski definition) is 1. The molecule has 24 heavy (non-hydrogen) atoms. The molecule has 1 atom stereocenters. The number of likely N-dealkylation sites (tertiary alicyclic amines) is 1. The lowest BCUT2D eigenvalue weighted by molar-refractivity contribution is 0.181. The highest BCUT2D eigenvalue weighted by molar-refractivity contribution is 5.75. The lowest BCUT2D eigenvalue weighted by Crippen LogP contribution is -2.48. The first-order valence-electron chi connectivity index (χ1n) is 9.38. The number of rotatable bonds is 3. The molecule has 1 aliphatic heterocycles. The Balaban J connectivity index is 1.45. The van der Waals surface area contributed by atoms with Crippen LogP contribution in [0.3, 0.4) is 0 Å². The first kappa shape index (κ1) is 15.7. The summed E-state index contributed by atoms with van der Waals surface area (Å²) in [4.78, 5) is 26.8. The highest BCUT2D eigenvalue weighted by Crippen LogP contribution is 2.22. The van der Waals surface area contributed by atoms with Gasteiger partial charge in [0.25, 0.3) is 5.56 Å². The maximum absolute atomic E-state index is 12.6. The normalized spacial score (nSPS) is 23.7. The summed E-state index contributed by atoms with van der Waals surface area (Å²) in [5, 5.41) is 7.73. The quantitative estimate of drug-likeness (QED) is 0.920. The number of nitrogens with zero attached hydrogens (tertiary/aromatic N) is 3. The number of fused-ring (bicyclic) bond motifs is 1. The third kappa shape index (κ3) is 3.06. The van der Waals surface area contributed by atoms with E-state index in [1.807, 2.05) is 4.90 Å². The minimum Gasteiger partial charge on any atom is -0.335 e. The monoisotopic (exact) mass is 330 g/mol. The van der Waals surface area contributed by atoms with Gasteiger partial charge in [0.15, 0.2) is 0 Å². The fourth-order valence-corrected chi connectivity index (χ4v) is 4.39. The number of urea groups is 1. The highest BCUT2D eigenvalue weighted by atomic mass is 16.2. The Labute approximate surface area is 142 Å². The van der Waals surface area contributed by atoms with Crippen LogP contribution in [-0.2, 0) is 19.4 Å². The van der Waals surface area contributed by atoms with Gasteiger partial charge in [-0.25, -0.2) is 9.48 Å². The Bertz CT molecular complexity index is 678. The van der Waals surface area contributed by atoms with Gasteiger partial charge >= 0.3 is 6.03 Å². The lowest BCUT2D eigenvalue weighted by atomic mass is 10.2. The molecule has 4 rings (SSSR count). The fourth-order valence-electron chi connectivity index (χ4n) is 4.39. The Morgan fingerprint density at radius 1 is 1.17 bits per heavy atom. The first-order chi connectivity index (χ1) is 11.7. The van der Waals surface area contributed by atoms with Gasteiger partial charge in [-0.05, 0) is 50.5 Å². The molecule has 2 amide bonds. The van der Waals surface area contributed by atoms with Gasteiger partial charge in [0.2, 0.25) is 0 Å². The van der Waals surface area contributed by atoms with E-state index in [0.717, 1.165) is 62.7 Å². The zero-order chi connectivity index (χ0) is 16.5. The number of hydrogen-bond acceptors (Lipinski definition) is 3. The first-order valence-corrected chi connectivity index (χ1v) is 9.38. The van der Waals surface area contributed by atoms with Gasteiger partial charge in [0.05, 0.1) is 18.3 Å². The SMILES string of the molecule is O=C(NC1CCCC1)N1CCCC1Cn1nc2c(cc1=O)CCC2. The predicted molar refractivity (Wildman–Crippen MR) is 91.0 cm³/mol. The van der Waals surface area contributed by atoms with Crippen LogP contribution in [0, 0.1) is 0 Å². The van der Waals surface area contributed by atoms with Crippen LogP contribution in [0.1, 0.15) is 56.2 Å². The summed E-state index contributed by atoms with van der Waals surface area (Å²) < 4.78 is 1.58. The minimum atomic E-state index is -0.0290. The zero-order valence-electron chi connectivity index (χ0n) is 14.2. The summed E-state index contributed by atoms with van der Waals surface area (Å²) in [7, 11) is 0. The van der Waals surface area contributed by atoms with Crippen molar-refractivity contribution >= 4 is 6.03 Å². The molecule has 0 aromatic carbocycles. The van der Waals surface area contributed by atoms with E-state index in [0.29, 0.717) is 12.6 Å². The smallest absolute Gasteiger partial charge is 0.317 e. The van der Waals surface area contributed by atoms with Gasteiger partial charge in [-0.3, -0.25) is 4.79 Å². The summed E-state index contributed by atoms with van der Waals surface area (Å²) in [5.74, 6) is 0. The second-order valence-electron chi connectivity index (χ2n) is 7.41. The number of carbonyl (C=O) groups excluding carboxylic acids is 1. The number of aryl methyl sites for hydroxylation is 2. The van der Waals surface area contributed by atoms with E-state index < -0.39 is 0 Å². The van der Waals surface area contributed by atoms with Gasteiger partial charge in [-0.1, -0.05) is 12.8 Å². The van der Waals surface area contributed by atoms with E-state index in [9.17, 15) is 9.59 Å². The largest absolute Gasteiger partial charge is 0.335 e. The van der Waals surface area contributed by atoms with Crippen molar-refractivity contribution in [1.82, 2.24) is 20.0 Å². The summed E-state index contributed by atoms with van der Waals surface area (Å²) in [6.45, 7) is 1.30. The van der Waals surface area contributed by atoms with Crippen LogP contribution in [-0.4, -0.2) is 39.3 Å². The fraction of sp³-hybridized carbons (Fsp3) is 0.722. The molecular formula is C18H26N4O2. The number of nitrogens with one attached hydrogen (secondary N) is 1. The van der Waals surface area contributed by atoms with Crippen LogP contribution >= 0.6 is 0 Å². The molecule has 1 aromatic heterocycles. The standard InChI is InChI=1S/C18H26N4O2/c23-17-11-13-5-3-9-16(13)20-22(17)12-15-8-4-10-21(15)18(24)19-14-6-1-2-7-14/h11,14-15H,1-10,12H2,(H,19,24). The molecule has 0 radical (unpaired) electrons. The van der Waals surface area contributed by atoms with E-state index in [2.05, 4.69) is 10.4 Å². The summed E-state index contributed by atoms with van der Waals surface area (Å²) in [6, 6.07) is 2.20. The Morgan fingerprint density at radius 2 is 2.00 bits per heavy atom. The van der Waals surface area contributed by atoms with Crippen LogP contribution in [0.2, 0.25) is 0 Å². The average Bonchev–Trinajstić information content (AvgIpc) is 3.28. The van der Waals surface area contributed by atoms with E-state index in [1.54, 1.807) is 10.7 Å². The van der Waals surface area contributed by atoms with E-state index in [1.165, 1.54) is 12.8 Å². The summed E-state index contributed by atoms with van der Waals surface area (Å²) in [6.07, 6.45) is 9.58. The van der Waals surface area contributed by atoms with Crippen LogP contribution in [0.25, 0.3) is 0 Å². The average molecular weight is 330 g/mol. The van der Waals surface area contributed by atoms with Gasteiger partial charge < -0.3 is 10.2 Å². The molecule has 1 saturated carbocycles. The Morgan fingerprint density at radius 3 is 2.83 bits per heavy atom. The van der Waals surface area contributed by atoms with Crippen molar-refractivity contribution in [1.29, 1.82) is 0 Å². The van der Waals surface area contributed by atoms with Crippen molar-refractivity contribution in [2.24, 2.45) is 0 Å². The van der Waals surface area contributed by atoms with Crippen molar-refractivity contribution in [3.8, 4) is 0 Å². The lowest BCUT2D eigenvalue weighted by Gasteiger charge is -2.27. The number of carbonyl (C=O) groups is 1. The maximum atomic E-state index is 12.6. The molecule has 1 saturated heterocycles. The second-order valence-corrected chi connectivity index (χ2v) is 7.41. The van der Waals surface area contributed by atoms with Crippen molar-refractivity contribution in [3.05, 3.63) is 27.7 Å². The van der Waals surface area contributed by atoms with Gasteiger partial charge in [0, 0.05) is 18.7 Å². The molecule has 6 nitrogen and oxygen atoms in total. The van der Waals surface area contributed by atoms with Crippen LogP contribution < -0.4 is 10.9 Å². The van der Waals surface area contributed by atoms with Crippen molar-refractivity contribution in [2.75, 3.05) is 6.54 Å². The molecule has 3 aliphatic rings. The molecular weight excluding hydrogens is 304 g/mol. The molecule has 2 aliphatic carbocycles. The Kier molecular flexibility index (Phi) is 4.29. The molecule has 1 N–H and O–H groups in total. The molecule has 0 bridgehead atoms. The van der Waals surface area contributed by atoms with Crippen LogP contribution in [0.5, 0.6) is 0 Å². The molecule has 1 aromatic rings. The molecule has 1 unspecified atom stereocenters. The Hall–Kier alpha value is -1.85. The molecule has 130 valence electrons. The molecule has 0 spiro atoms. The molecule has 2 heterocycles. The third-order valence-electron chi connectivity index (χ3n) is 5.73. The van der Waals surface area contributed by atoms with Gasteiger partial charge in [-0.2, -0.15) is 5.10 Å². The van der Waals surface area contributed by atoms with E-state index in [-0.39, 0.29) is 17.6 Å². The van der Waals surface area contributed by atoms with Crippen molar-refractivity contribution < 1.29 is 4.79 Å². The summed E-state index contributed by atoms with van der Waals surface area (Å²) >= 11 is 0. The van der Waals surface area contributed by atoms with E-state index >= 15 is 0 Å². The number of aromatic nitrogens is 2. The van der Waals surface area contributed by atoms with Gasteiger partial charge in [-0.15, -0.1) is 0 Å². The van der Waals surface area contributed by atoms with Crippen molar-refractivity contribution in [2.45, 2.75) is 76.4 Å².